The molecule has 0 saturated heterocycles. The molecule has 0 fully saturated rings. The summed E-state index contributed by atoms with van der Waals surface area (Å²) in [6, 6.07) is -0.804. The number of sulfonamides is 1. The molecule has 1 unspecified atom stereocenters. The van der Waals surface area contributed by atoms with Crippen LogP contribution in [0.4, 0.5) is 0 Å². The third-order valence-electron chi connectivity index (χ3n) is 2.00. The Labute approximate surface area is 114 Å². The molecule has 0 amide bonds. The molecule has 1 atom stereocenters. The van der Waals surface area contributed by atoms with Crippen LogP contribution in [0.1, 0.15) is 34.1 Å². The molecule has 0 aromatic rings. The Morgan fingerprint density at radius 3 is 2.33 bits per heavy atom. The van der Waals surface area contributed by atoms with Gasteiger partial charge in [0.25, 0.3) is 0 Å². The number of ether oxygens (including phenoxy) is 1. The SMILES string of the molecule is CCS(=O)(=O)NC(CCSC)C(=O)OC(C)(C)C. The number of hydrogen-bond donors (Lipinski definition) is 1. The van der Waals surface area contributed by atoms with Crippen LogP contribution in [0, 0.1) is 0 Å². The topological polar surface area (TPSA) is 72.5 Å². The lowest BCUT2D eigenvalue weighted by Crippen LogP contribution is -2.45. The molecule has 0 radical (unpaired) electrons. The van der Waals surface area contributed by atoms with Gasteiger partial charge < -0.3 is 4.74 Å². The Morgan fingerprint density at radius 2 is 1.94 bits per heavy atom. The van der Waals surface area contributed by atoms with Crippen molar-refractivity contribution in [3.05, 3.63) is 0 Å². The molecule has 0 spiro atoms. The molecular weight excluding hydrogens is 274 g/mol. The van der Waals surface area contributed by atoms with E-state index >= 15 is 0 Å². The highest BCUT2D eigenvalue weighted by Gasteiger charge is 2.27. The highest BCUT2D eigenvalue weighted by atomic mass is 32.2. The molecule has 5 nitrogen and oxygen atoms in total. The van der Waals surface area contributed by atoms with Gasteiger partial charge in [0, 0.05) is 0 Å². The Kier molecular flexibility index (Phi) is 7.24. The predicted octanol–water partition coefficient (Wildman–Crippen LogP) is 1.39. The van der Waals surface area contributed by atoms with E-state index in [9.17, 15) is 13.2 Å². The minimum absolute atomic E-state index is 0.0500. The Balaban J connectivity index is 4.72. The van der Waals surface area contributed by atoms with Crippen molar-refractivity contribution in [2.45, 2.75) is 45.8 Å². The molecule has 1 N–H and O–H groups in total. The lowest BCUT2D eigenvalue weighted by Gasteiger charge is -2.24. The summed E-state index contributed by atoms with van der Waals surface area (Å²) in [5.74, 6) is 0.121. The summed E-state index contributed by atoms with van der Waals surface area (Å²) >= 11 is 1.56. The minimum atomic E-state index is -3.41. The number of carbonyl (C=O) groups is 1. The van der Waals surface area contributed by atoms with Crippen molar-refractivity contribution in [2.24, 2.45) is 0 Å². The first-order valence-electron chi connectivity index (χ1n) is 5.83. The molecule has 0 bridgehead atoms. The molecule has 0 aromatic heterocycles. The van der Waals surface area contributed by atoms with Gasteiger partial charge in [-0.05, 0) is 46.1 Å². The number of nitrogens with one attached hydrogen (secondary N) is 1. The third-order valence-corrected chi connectivity index (χ3v) is 4.05. The van der Waals surface area contributed by atoms with Gasteiger partial charge in [0.05, 0.1) is 5.75 Å². The van der Waals surface area contributed by atoms with Crippen molar-refractivity contribution in [2.75, 3.05) is 17.8 Å². The quantitative estimate of drug-likeness (QED) is 0.719. The molecule has 0 aliphatic rings. The Bertz CT molecular complexity index is 360. The average molecular weight is 297 g/mol. The van der Waals surface area contributed by atoms with Crippen LogP contribution in [0.15, 0.2) is 0 Å². The van der Waals surface area contributed by atoms with Gasteiger partial charge in [-0.25, -0.2) is 13.1 Å². The maximum Gasteiger partial charge on any atom is 0.324 e. The molecule has 0 aromatic carbocycles. The van der Waals surface area contributed by atoms with E-state index in [1.54, 1.807) is 32.5 Å². The molecular formula is C11H23NO4S2. The summed E-state index contributed by atoms with van der Waals surface area (Å²) in [4.78, 5) is 11.9. The van der Waals surface area contributed by atoms with Crippen molar-refractivity contribution >= 4 is 27.8 Å². The number of carbonyl (C=O) groups excluding carboxylic acids is 1. The van der Waals surface area contributed by atoms with Crippen LogP contribution < -0.4 is 4.72 Å². The normalized spacial score (nSPS) is 14.3. The van der Waals surface area contributed by atoms with Crippen molar-refractivity contribution in [1.29, 1.82) is 0 Å². The van der Waals surface area contributed by atoms with E-state index in [2.05, 4.69) is 4.72 Å². The summed E-state index contributed by atoms with van der Waals surface area (Å²) in [7, 11) is -3.41. The highest BCUT2D eigenvalue weighted by molar-refractivity contribution is 7.98. The second kappa shape index (κ2) is 7.35. The number of hydrogen-bond acceptors (Lipinski definition) is 5. The zero-order chi connectivity index (χ0) is 14.4. The maximum absolute atomic E-state index is 11.9. The van der Waals surface area contributed by atoms with E-state index in [-0.39, 0.29) is 5.75 Å². The minimum Gasteiger partial charge on any atom is -0.459 e. The first-order valence-corrected chi connectivity index (χ1v) is 8.87. The largest absolute Gasteiger partial charge is 0.459 e. The van der Waals surface area contributed by atoms with Crippen LogP contribution in [-0.4, -0.2) is 43.8 Å². The number of esters is 1. The zero-order valence-electron chi connectivity index (χ0n) is 11.6. The van der Waals surface area contributed by atoms with Gasteiger partial charge in [-0.1, -0.05) is 0 Å². The van der Waals surface area contributed by atoms with E-state index in [0.717, 1.165) is 0 Å². The molecule has 108 valence electrons. The zero-order valence-corrected chi connectivity index (χ0v) is 13.3. The van der Waals surface area contributed by atoms with Gasteiger partial charge in [0.2, 0.25) is 10.0 Å². The summed E-state index contributed by atoms with van der Waals surface area (Å²) in [6.45, 7) is 6.80. The van der Waals surface area contributed by atoms with Crippen LogP contribution >= 0.6 is 11.8 Å². The van der Waals surface area contributed by atoms with Crippen molar-refractivity contribution in [3.63, 3.8) is 0 Å². The molecule has 0 aliphatic heterocycles. The number of thioether (sulfide) groups is 1. The van der Waals surface area contributed by atoms with Crippen LogP contribution in [-0.2, 0) is 19.6 Å². The standard InChI is InChI=1S/C11H23NO4S2/c1-6-18(14,15)12-9(7-8-17-5)10(13)16-11(2,3)4/h9,12H,6-8H2,1-5H3. The van der Waals surface area contributed by atoms with Gasteiger partial charge in [-0.2, -0.15) is 11.8 Å². The van der Waals surface area contributed by atoms with Gasteiger partial charge in [0.15, 0.2) is 0 Å². The Hall–Kier alpha value is -0.270. The van der Waals surface area contributed by atoms with Crippen molar-refractivity contribution in [3.8, 4) is 0 Å². The highest BCUT2D eigenvalue weighted by Crippen LogP contribution is 2.11. The van der Waals surface area contributed by atoms with Crippen LogP contribution in [0.3, 0.4) is 0 Å². The van der Waals surface area contributed by atoms with E-state index in [1.807, 2.05) is 6.26 Å². The van der Waals surface area contributed by atoms with Crippen LogP contribution in [0.25, 0.3) is 0 Å². The Morgan fingerprint density at radius 1 is 1.39 bits per heavy atom. The predicted molar refractivity (Wildman–Crippen MR) is 75.2 cm³/mol. The monoisotopic (exact) mass is 297 g/mol. The van der Waals surface area contributed by atoms with Gasteiger partial charge >= 0.3 is 5.97 Å². The van der Waals surface area contributed by atoms with E-state index in [0.29, 0.717) is 12.2 Å². The molecule has 0 rings (SSSR count). The third kappa shape index (κ3) is 7.94. The van der Waals surface area contributed by atoms with Crippen molar-refractivity contribution < 1.29 is 17.9 Å². The summed E-state index contributed by atoms with van der Waals surface area (Å²) < 4.78 is 30.6. The van der Waals surface area contributed by atoms with Crippen molar-refractivity contribution in [1.82, 2.24) is 4.72 Å². The molecule has 7 heteroatoms. The van der Waals surface area contributed by atoms with E-state index < -0.39 is 27.6 Å². The second-order valence-corrected chi connectivity index (χ2v) is 7.92. The smallest absolute Gasteiger partial charge is 0.324 e. The summed E-state index contributed by atoms with van der Waals surface area (Å²) in [6.07, 6.45) is 2.33. The lowest BCUT2D eigenvalue weighted by atomic mass is 10.2. The fourth-order valence-corrected chi connectivity index (χ4v) is 2.42. The van der Waals surface area contributed by atoms with E-state index in [4.69, 9.17) is 4.74 Å². The summed E-state index contributed by atoms with van der Waals surface area (Å²) in [5.41, 5.74) is -0.619. The fourth-order valence-electron chi connectivity index (χ4n) is 1.13. The molecule has 0 heterocycles. The average Bonchev–Trinajstić information content (AvgIpc) is 2.21. The maximum atomic E-state index is 11.9. The molecule has 18 heavy (non-hydrogen) atoms. The van der Waals surface area contributed by atoms with Gasteiger partial charge in [-0.15, -0.1) is 0 Å². The second-order valence-electron chi connectivity index (χ2n) is 4.89. The van der Waals surface area contributed by atoms with Gasteiger partial charge in [0.1, 0.15) is 11.6 Å². The molecule has 0 saturated carbocycles. The first-order chi connectivity index (χ1) is 8.11. The molecule has 0 aliphatic carbocycles. The van der Waals surface area contributed by atoms with Gasteiger partial charge in [-0.3, -0.25) is 4.79 Å². The van der Waals surface area contributed by atoms with Crippen LogP contribution in [0.2, 0.25) is 0 Å². The van der Waals surface area contributed by atoms with Crippen LogP contribution in [0.5, 0.6) is 0 Å². The summed E-state index contributed by atoms with van der Waals surface area (Å²) in [5, 5.41) is 0. The first kappa shape index (κ1) is 17.7. The number of rotatable bonds is 7. The fraction of sp³-hybridized carbons (Fsp3) is 0.909. The lowest BCUT2D eigenvalue weighted by molar-refractivity contribution is -0.156. The van der Waals surface area contributed by atoms with E-state index in [1.165, 1.54) is 6.92 Å².